The molecule has 1 aromatic carbocycles. The summed E-state index contributed by atoms with van der Waals surface area (Å²) in [6, 6.07) is 9.82. The van der Waals surface area contributed by atoms with E-state index in [1.165, 1.54) is 6.92 Å². The van der Waals surface area contributed by atoms with Crippen molar-refractivity contribution in [3.8, 4) is 0 Å². The van der Waals surface area contributed by atoms with Crippen molar-refractivity contribution in [3.63, 3.8) is 0 Å². The maximum absolute atomic E-state index is 12.1. The first-order valence-electron chi connectivity index (χ1n) is 6.21. The Morgan fingerprint density at radius 3 is 2.28 bits per heavy atom. The standard InChI is InChI=1S/C14H22O3S/c1-12(15)14(2,3)18(16,17)11-7-10-13-8-5-4-6-9-13/h4-6,8-9,12,15H,7,10-11H2,1-3H3/t12-/m1/s1. The number of hydrogen-bond acceptors (Lipinski definition) is 3. The van der Waals surface area contributed by atoms with E-state index in [4.69, 9.17) is 0 Å². The molecule has 0 saturated heterocycles. The minimum Gasteiger partial charge on any atom is -0.392 e. The van der Waals surface area contributed by atoms with Gasteiger partial charge in [-0.1, -0.05) is 30.3 Å². The normalized spacial score (nSPS) is 14.4. The Morgan fingerprint density at radius 1 is 1.22 bits per heavy atom. The number of rotatable bonds is 6. The number of benzene rings is 1. The van der Waals surface area contributed by atoms with E-state index in [0.29, 0.717) is 6.42 Å². The van der Waals surface area contributed by atoms with E-state index in [1.807, 2.05) is 30.3 Å². The second-order valence-corrected chi connectivity index (χ2v) is 7.88. The molecule has 102 valence electrons. The van der Waals surface area contributed by atoms with Crippen LogP contribution in [0.5, 0.6) is 0 Å². The lowest BCUT2D eigenvalue weighted by atomic mass is 10.1. The van der Waals surface area contributed by atoms with Gasteiger partial charge in [-0.3, -0.25) is 0 Å². The average Bonchev–Trinajstić information content (AvgIpc) is 2.29. The highest BCUT2D eigenvalue weighted by Gasteiger charge is 2.38. The molecule has 1 N–H and O–H groups in total. The maximum Gasteiger partial charge on any atom is 0.157 e. The molecule has 0 radical (unpaired) electrons. The molecule has 3 nitrogen and oxygen atoms in total. The van der Waals surface area contributed by atoms with Crippen molar-refractivity contribution >= 4 is 9.84 Å². The predicted octanol–water partition coefficient (Wildman–Crippen LogP) is 2.19. The highest BCUT2D eigenvalue weighted by atomic mass is 32.2. The summed E-state index contributed by atoms with van der Waals surface area (Å²) in [5.41, 5.74) is 1.14. The minimum absolute atomic E-state index is 0.111. The van der Waals surface area contributed by atoms with Crippen molar-refractivity contribution in [1.29, 1.82) is 0 Å². The topological polar surface area (TPSA) is 54.4 Å². The summed E-state index contributed by atoms with van der Waals surface area (Å²) in [5, 5.41) is 9.55. The van der Waals surface area contributed by atoms with Crippen LogP contribution in [0.15, 0.2) is 30.3 Å². The Kier molecular flexibility index (Phi) is 4.93. The first kappa shape index (κ1) is 15.2. The summed E-state index contributed by atoms with van der Waals surface area (Å²) in [6.07, 6.45) is 0.470. The van der Waals surface area contributed by atoms with Gasteiger partial charge in [-0.05, 0) is 39.2 Å². The van der Waals surface area contributed by atoms with Crippen molar-refractivity contribution in [2.24, 2.45) is 0 Å². The molecule has 0 fully saturated rings. The van der Waals surface area contributed by atoms with Gasteiger partial charge in [0, 0.05) is 0 Å². The molecule has 0 aliphatic heterocycles. The molecule has 0 bridgehead atoms. The van der Waals surface area contributed by atoms with Crippen LogP contribution in [-0.2, 0) is 16.3 Å². The predicted molar refractivity (Wildman–Crippen MR) is 74.3 cm³/mol. The first-order valence-corrected chi connectivity index (χ1v) is 7.87. The van der Waals surface area contributed by atoms with Crippen LogP contribution in [0.3, 0.4) is 0 Å². The van der Waals surface area contributed by atoms with Crippen LogP contribution in [0.2, 0.25) is 0 Å². The van der Waals surface area contributed by atoms with Crippen LogP contribution in [0.1, 0.15) is 32.8 Å². The Balaban J connectivity index is 2.58. The maximum atomic E-state index is 12.1. The molecule has 0 aromatic heterocycles. The van der Waals surface area contributed by atoms with Gasteiger partial charge in [0.2, 0.25) is 0 Å². The third-order valence-corrected chi connectivity index (χ3v) is 6.30. The van der Waals surface area contributed by atoms with Gasteiger partial charge in [-0.15, -0.1) is 0 Å². The molecule has 0 spiro atoms. The van der Waals surface area contributed by atoms with E-state index in [9.17, 15) is 13.5 Å². The van der Waals surface area contributed by atoms with Gasteiger partial charge in [0.05, 0.1) is 16.6 Å². The number of aryl methyl sites for hydroxylation is 1. The molecule has 1 atom stereocenters. The quantitative estimate of drug-likeness (QED) is 0.862. The average molecular weight is 270 g/mol. The van der Waals surface area contributed by atoms with E-state index in [-0.39, 0.29) is 5.75 Å². The fourth-order valence-electron chi connectivity index (χ4n) is 1.63. The molecule has 1 rings (SSSR count). The van der Waals surface area contributed by atoms with Crippen LogP contribution in [-0.4, -0.2) is 30.1 Å². The molecule has 0 saturated carbocycles. The molecule has 0 aliphatic carbocycles. The first-order chi connectivity index (χ1) is 8.27. The summed E-state index contributed by atoms with van der Waals surface area (Å²) < 4.78 is 23.2. The van der Waals surface area contributed by atoms with E-state index in [1.54, 1.807) is 13.8 Å². The van der Waals surface area contributed by atoms with E-state index >= 15 is 0 Å². The molecule has 18 heavy (non-hydrogen) atoms. The van der Waals surface area contributed by atoms with Crippen molar-refractivity contribution in [2.45, 2.75) is 44.5 Å². The molecule has 0 aliphatic rings. The van der Waals surface area contributed by atoms with Gasteiger partial charge in [0.25, 0.3) is 0 Å². The summed E-state index contributed by atoms with van der Waals surface area (Å²) in [5.74, 6) is 0.111. The minimum atomic E-state index is -3.28. The highest BCUT2D eigenvalue weighted by Crippen LogP contribution is 2.22. The Morgan fingerprint density at radius 2 is 1.78 bits per heavy atom. The van der Waals surface area contributed by atoms with Gasteiger partial charge >= 0.3 is 0 Å². The second-order valence-electron chi connectivity index (χ2n) is 5.19. The number of sulfone groups is 1. The van der Waals surface area contributed by atoms with Crippen LogP contribution >= 0.6 is 0 Å². The zero-order valence-corrected chi connectivity index (χ0v) is 12.1. The fraction of sp³-hybridized carbons (Fsp3) is 0.571. The molecular weight excluding hydrogens is 248 g/mol. The fourth-order valence-corrected chi connectivity index (χ4v) is 3.20. The zero-order valence-electron chi connectivity index (χ0n) is 11.3. The largest absolute Gasteiger partial charge is 0.392 e. The lowest BCUT2D eigenvalue weighted by Crippen LogP contribution is -2.43. The Hall–Kier alpha value is -0.870. The molecule has 0 heterocycles. The smallest absolute Gasteiger partial charge is 0.157 e. The molecule has 4 heteroatoms. The third kappa shape index (κ3) is 3.56. The van der Waals surface area contributed by atoms with Gasteiger partial charge in [-0.25, -0.2) is 8.42 Å². The van der Waals surface area contributed by atoms with Gasteiger partial charge in [-0.2, -0.15) is 0 Å². The van der Waals surface area contributed by atoms with E-state index < -0.39 is 20.7 Å². The number of aliphatic hydroxyl groups excluding tert-OH is 1. The van der Waals surface area contributed by atoms with Crippen molar-refractivity contribution in [1.82, 2.24) is 0 Å². The molecule has 0 amide bonds. The SMILES string of the molecule is C[C@@H](O)C(C)(C)S(=O)(=O)CCCc1ccccc1. The molecule has 1 aromatic rings. The van der Waals surface area contributed by atoms with Crippen molar-refractivity contribution < 1.29 is 13.5 Å². The number of hydrogen-bond donors (Lipinski definition) is 1. The lowest BCUT2D eigenvalue weighted by molar-refractivity contribution is 0.156. The summed E-state index contributed by atoms with van der Waals surface area (Å²) in [7, 11) is -3.28. The van der Waals surface area contributed by atoms with Crippen LogP contribution in [0.25, 0.3) is 0 Å². The van der Waals surface area contributed by atoms with E-state index in [0.717, 1.165) is 12.0 Å². The Labute approximate surface area is 110 Å². The molecule has 0 unspecified atom stereocenters. The molecular formula is C14H22O3S. The van der Waals surface area contributed by atoms with E-state index in [2.05, 4.69) is 0 Å². The van der Waals surface area contributed by atoms with Crippen LogP contribution in [0, 0.1) is 0 Å². The van der Waals surface area contributed by atoms with Gasteiger partial charge in [0.1, 0.15) is 0 Å². The van der Waals surface area contributed by atoms with Crippen molar-refractivity contribution in [2.75, 3.05) is 5.75 Å². The number of aliphatic hydroxyl groups is 1. The lowest BCUT2D eigenvalue weighted by Gasteiger charge is -2.27. The van der Waals surface area contributed by atoms with Gasteiger partial charge in [0.15, 0.2) is 9.84 Å². The summed E-state index contributed by atoms with van der Waals surface area (Å²) in [6.45, 7) is 4.68. The zero-order chi connectivity index (χ0) is 13.8. The van der Waals surface area contributed by atoms with Gasteiger partial charge < -0.3 is 5.11 Å². The monoisotopic (exact) mass is 270 g/mol. The Bertz CT molecular complexity index is 461. The third-order valence-electron chi connectivity index (χ3n) is 3.53. The van der Waals surface area contributed by atoms with Crippen LogP contribution in [0.4, 0.5) is 0 Å². The highest BCUT2D eigenvalue weighted by molar-refractivity contribution is 7.92. The van der Waals surface area contributed by atoms with Crippen LogP contribution < -0.4 is 0 Å². The summed E-state index contributed by atoms with van der Waals surface area (Å²) in [4.78, 5) is 0. The summed E-state index contributed by atoms with van der Waals surface area (Å²) >= 11 is 0. The van der Waals surface area contributed by atoms with Crippen molar-refractivity contribution in [3.05, 3.63) is 35.9 Å². The second kappa shape index (κ2) is 5.85.